The number of benzene rings is 1. The normalized spacial score (nSPS) is 10.3. The van der Waals surface area contributed by atoms with E-state index in [0.29, 0.717) is 24.8 Å². The second kappa shape index (κ2) is 7.51. The highest BCUT2D eigenvalue weighted by molar-refractivity contribution is 6.03. The maximum atomic E-state index is 12.3. The van der Waals surface area contributed by atoms with E-state index in [1.807, 2.05) is 26.0 Å². The summed E-state index contributed by atoms with van der Waals surface area (Å²) in [7, 11) is 1.62. The summed E-state index contributed by atoms with van der Waals surface area (Å²) in [5.74, 6) is 0.146. The molecule has 22 heavy (non-hydrogen) atoms. The average Bonchev–Trinajstić information content (AvgIpc) is 2.47. The molecule has 1 heterocycles. The molecule has 1 aromatic carbocycles. The molecular weight excluding hydrogens is 280 g/mol. The standard InChI is InChI=1S/C16H20N4O2/c1-11-8-12(2)10-13(9-11)19-15(21)14-4-5-17-16(20-14)18-6-7-22-3/h4-5,8-10H,6-7H2,1-3H3,(H,19,21)(H,17,18,20). The zero-order chi connectivity index (χ0) is 15.9. The summed E-state index contributed by atoms with van der Waals surface area (Å²) in [4.78, 5) is 20.5. The van der Waals surface area contributed by atoms with Gasteiger partial charge in [0.2, 0.25) is 5.95 Å². The Morgan fingerprint density at radius 1 is 1.23 bits per heavy atom. The van der Waals surface area contributed by atoms with Crippen LogP contribution in [0.3, 0.4) is 0 Å². The highest BCUT2D eigenvalue weighted by Crippen LogP contribution is 2.14. The molecule has 0 saturated heterocycles. The zero-order valence-corrected chi connectivity index (χ0v) is 13.0. The molecule has 6 heteroatoms. The zero-order valence-electron chi connectivity index (χ0n) is 13.0. The van der Waals surface area contributed by atoms with Crippen LogP contribution in [0, 0.1) is 13.8 Å². The summed E-state index contributed by atoms with van der Waals surface area (Å²) in [6, 6.07) is 7.48. The SMILES string of the molecule is COCCNc1nccc(C(=O)Nc2cc(C)cc(C)c2)n1. The van der Waals surface area contributed by atoms with Gasteiger partial charge >= 0.3 is 0 Å². The number of hydrogen-bond donors (Lipinski definition) is 2. The Kier molecular flexibility index (Phi) is 5.43. The third-order valence-electron chi connectivity index (χ3n) is 2.96. The number of carbonyl (C=O) groups excluding carboxylic acids is 1. The minimum Gasteiger partial charge on any atom is -0.383 e. The van der Waals surface area contributed by atoms with Crippen LogP contribution in [-0.2, 0) is 4.74 Å². The van der Waals surface area contributed by atoms with Crippen molar-refractivity contribution < 1.29 is 9.53 Å². The number of nitrogens with one attached hydrogen (secondary N) is 2. The second-order valence-electron chi connectivity index (χ2n) is 5.02. The molecule has 2 aromatic rings. The molecule has 116 valence electrons. The Morgan fingerprint density at radius 2 is 1.95 bits per heavy atom. The largest absolute Gasteiger partial charge is 0.383 e. The number of carbonyl (C=O) groups is 1. The molecule has 0 radical (unpaired) electrons. The average molecular weight is 300 g/mol. The molecule has 1 aromatic heterocycles. The predicted octanol–water partition coefficient (Wildman–Crippen LogP) is 2.40. The Balaban J connectivity index is 2.07. The molecule has 0 atom stereocenters. The number of amides is 1. The molecular formula is C16H20N4O2. The highest BCUT2D eigenvalue weighted by Gasteiger charge is 2.09. The van der Waals surface area contributed by atoms with Gasteiger partial charge in [-0.25, -0.2) is 9.97 Å². The van der Waals surface area contributed by atoms with Gasteiger partial charge in [-0.3, -0.25) is 4.79 Å². The number of nitrogens with zero attached hydrogens (tertiary/aromatic N) is 2. The Hall–Kier alpha value is -2.47. The lowest BCUT2D eigenvalue weighted by molar-refractivity contribution is 0.102. The highest BCUT2D eigenvalue weighted by atomic mass is 16.5. The number of methoxy groups -OCH3 is 1. The number of hydrogen-bond acceptors (Lipinski definition) is 5. The Bertz CT molecular complexity index is 638. The van der Waals surface area contributed by atoms with Crippen molar-refractivity contribution in [2.24, 2.45) is 0 Å². The molecule has 0 fully saturated rings. The number of rotatable bonds is 6. The van der Waals surface area contributed by atoms with Crippen molar-refractivity contribution in [3.8, 4) is 0 Å². The summed E-state index contributed by atoms with van der Waals surface area (Å²) in [6.45, 7) is 5.11. The maximum absolute atomic E-state index is 12.3. The number of aromatic nitrogens is 2. The van der Waals surface area contributed by atoms with Crippen molar-refractivity contribution in [3.63, 3.8) is 0 Å². The van der Waals surface area contributed by atoms with Crippen molar-refractivity contribution in [1.82, 2.24) is 9.97 Å². The van der Waals surface area contributed by atoms with Gasteiger partial charge in [0, 0.05) is 25.5 Å². The van der Waals surface area contributed by atoms with Crippen LogP contribution in [0.5, 0.6) is 0 Å². The van der Waals surface area contributed by atoms with Crippen molar-refractivity contribution in [3.05, 3.63) is 47.3 Å². The van der Waals surface area contributed by atoms with E-state index in [1.165, 1.54) is 0 Å². The summed E-state index contributed by atoms with van der Waals surface area (Å²) in [6.07, 6.45) is 1.55. The van der Waals surface area contributed by atoms with Gasteiger partial charge in [-0.05, 0) is 43.2 Å². The van der Waals surface area contributed by atoms with E-state index < -0.39 is 0 Å². The summed E-state index contributed by atoms with van der Waals surface area (Å²) in [5.41, 5.74) is 3.27. The van der Waals surface area contributed by atoms with Gasteiger partial charge in [0.15, 0.2) is 0 Å². The first-order valence-electron chi connectivity index (χ1n) is 7.04. The Morgan fingerprint density at radius 3 is 2.64 bits per heavy atom. The number of anilines is 2. The topological polar surface area (TPSA) is 76.1 Å². The van der Waals surface area contributed by atoms with Gasteiger partial charge in [0.25, 0.3) is 5.91 Å². The van der Waals surface area contributed by atoms with E-state index in [0.717, 1.165) is 16.8 Å². The summed E-state index contributed by atoms with van der Waals surface area (Å²) >= 11 is 0. The second-order valence-corrected chi connectivity index (χ2v) is 5.02. The smallest absolute Gasteiger partial charge is 0.274 e. The van der Waals surface area contributed by atoms with Gasteiger partial charge in [-0.1, -0.05) is 6.07 Å². The molecule has 2 rings (SSSR count). The van der Waals surface area contributed by atoms with Crippen LogP contribution in [0.4, 0.5) is 11.6 Å². The molecule has 0 bridgehead atoms. The molecule has 0 saturated carbocycles. The molecule has 0 aliphatic carbocycles. The van der Waals surface area contributed by atoms with Crippen LogP contribution < -0.4 is 10.6 Å². The van der Waals surface area contributed by atoms with Crippen LogP contribution in [0.2, 0.25) is 0 Å². The lowest BCUT2D eigenvalue weighted by Gasteiger charge is -2.08. The maximum Gasteiger partial charge on any atom is 0.274 e. The van der Waals surface area contributed by atoms with Crippen LogP contribution in [-0.4, -0.2) is 36.1 Å². The van der Waals surface area contributed by atoms with Gasteiger partial charge in [-0.15, -0.1) is 0 Å². The minimum atomic E-state index is -0.262. The van der Waals surface area contributed by atoms with Gasteiger partial charge in [0.05, 0.1) is 6.61 Å². The van der Waals surface area contributed by atoms with E-state index in [9.17, 15) is 4.79 Å². The van der Waals surface area contributed by atoms with Crippen LogP contribution in [0.1, 0.15) is 21.6 Å². The van der Waals surface area contributed by atoms with Crippen LogP contribution in [0.15, 0.2) is 30.5 Å². The third-order valence-corrected chi connectivity index (χ3v) is 2.96. The van der Waals surface area contributed by atoms with Crippen molar-refractivity contribution in [1.29, 1.82) is 0 Å². The number of ether oxygens (including phenoxy) is 1. The van der Waals surface area contributed by atoms with E-state index in [1.54, 1.807) is 19.4 Å². The quantitative estimate of drug-likeness (QED) is 0.801. The summed E-state index contributed by atoms with van der Waals surface area (Å²) < 4.78 is 4.95. The summed E-state index contributed by atoms with van der Waals surface area (Å²) in [5, 5.41) is 5.85. The third kappa shape index (κ3) is 4.53. The first kappa shape index (κ1) is 15.9. The van der Waals surface area contributed by atoms with Crippen LogP contribution in [0.25, 0.3) is 0 Å². The van der Waals surface area contributed by atoms with Crippen molar-refractivity contribution in [2.45, 2.75) is 13.8 Å². The van der Waals surface area contributed by atoms with E-state index >= 15 is 0 Å². The monoisotopic (exact) mass is 300 g/mol. The fraction of sp³-hybridized carbons (Fsp3) is 0.312. The first-order chi connectivity index (χ1) is 10.6. The molecule has 0 aliphatic heterocycles. The molecule has 1 amide bonds. The lowest BCUT2D eigenvalue weighted by atomic mass is 10.1. The first-order valence-corrected chi connectivity index (χ1v) is 7.04. The van der Waals surface area contributed by atoms with Gasteiger partial charge in [0.1, 0.15) is 5.69 Å². The van der Waals surface area contributed by atoms with Gasteiger partial charge < -0.3 is 15.4 Å². The fourth-order valence-corrected chi connectivity index (χ4v) is 2.08. The van der Waals surface area contributed by atoms with E-state index in [-0.39, 0.29) is 5.91 Å². The van der Waals surface area contributed by atoms with Crippen LogP contribution >= 0.6 is 0 Å². The predicted molar refractivity (Wildman–Crippen MR) is 86.3 cm³/mol. The minimum absolute atomic E-state index is 0.262. The van der Waals surface area contributed by atoms with E-state index in [2.05, 4.69) is 26.7 Å². The molecule has 0 unspecified atom stereocenters. The molecule has 0 spiro atoms. The molecule has 6 nitrogen and oxygen atoms in total. The van der Waals surface area contributed by atoms with Crippen molar-refractivity contribution in [2.75, 3.05) is 30.9 Å². The van der Waals surface area contributed by atoms with E-state index in [4.69, 9.17) is 4.74 Å². The number of aryl methyl sites for hydroxylation is 2. The lowest BCUT2D eigenvalue weighted by Crippen LogP contribution is -2.16. The fourth-order valence-electron chi connectivity index (χ4n) is 2.08. The Labute approximate surface area is 129 Å². The molecule has 0 aliphatic rings. The van der Waals surface area contributed by atoms with Crippen molar-refractivity contribution >= 4 is 17.5 Å². The van der Waals surface area contributed by atoms with Gasteiger partial charge in [-0.2, -0.15) is 0 Å². The molecule has 2 N–H and O–H groups in total.